The van der Waals surface area contributed by atoms with Crippen molar-refractivity contribution in [1.29, 1.82) is 0 Å². The van der Waals surface area contributed by atoms with Crippen molar-refractivity contribution < 1.29 is 4.42 Å². The Labute approximate surface area is 97.6 Å². The largest absolute Gasteiger partial charge is 0.445 e. The van der Waals surface area contributed by atoms with Crippen molar-refractivity contribution in [1.82, 2.24) is 10.3 Å². The molecule has 1 fully saturated rings. The molecule has 1 aliphatic carbocycles. The van der Waals surface area contributed by atoms with Crippen molar-refractivity contribution in [2.45, 2.75) is 40.0 Å². The van der Waals surface area contributed by atoms with Crippen LogP contribution in [0.2, 0.25) is 0 Å². The molecule has 3 heteroatoms. The van der Waals surface area contributed by atoms with Crippen molar-refractivity contribution in [2.24, 2.45) is 10.8 Å². The molecular weight excluding hydrogens is 200 g/mol. The summed E-state index contributed by atoms with van der Waals surface area (Å²) in [6.07, 6.45) is 2.77. The van der Waals surface area contributed by atoms with E-state index in [1.807, 2.05) is 13.2 Å². The van der Waals surface area contributed by atoms with Gasteiger partial charge in [-0.05, 0) is 17.9 Å². The summed E-state index contributed by atoms with van der Waals surface area (Å²) >= 11 is 0. The van der Waals surface area contributed by atoms with Gasteiger partial charge in [-0.15, -0.1) is 0 Å². The van der Waals surface area contributed by atoms with E-state index in [0.717, 1.165) is 24.6 Å². The van der Waals surface area contributed by atoms with Crippen LogP contribution in [0.5, 0.6) is 0 Å². The molecule has 1 aromatic heterocycles. The third-order valence-electron chi connectivity index (χ3n) is 4.47. The number of likely N-dealkylation sites (N-methyl/N-ethyl adjacent to an activating group) is 1. The molecular formula is C13H22N2O. The predicted molar refractivity (Wildman–Crippen MR) is 64.4 cm³/mol. The summed E-state index contributed by atoms with van der Waals surface area (Å²) in [5, 5.41) is 3.10. The number of hydrogen-bond acceptors (Lipinski definition) is 3. The van der Waals surface area contributed by atoms with Crippen molar-refractivity contribution in [2.75, 3.05) is 13.6 Å². The summed E-state index contributed by atoms with van der Waals surface area (Å²) < 4.78 is 5.83. The molecule has 0 unspecified atom stereocenters. The van der Waals surface area contributed by atoms with Crippen LogP contribution < -0.4 is 5.32 Å². The highest BCUT2D eigenvalue weighted by Gasteiger charge is 2.66. The smallest absolute Gasteiger partial charge is 0.195 e. The molecule has 0 aromatic carbocycles. The third kappa shape index (κ3) is 1.58. The molecule has 0 amide bonds. The lowest BCUT2D eigenvalue weighted by Gasteiger charge is -2.03. The highest BCUT2D eigenvalue weighted by Crippen LogP contribution is 2.73. The maximum Gasteiger partial charge on any atom is 0.195 e. The van der Waals surface area contributed by atoms with Gasteiger partial charge in [-0.3, -0.25) is 0 Å². The first-order valence-corrected chi connectivity index (χ1v) is 6.00. The van der Waals surface area contributed by atoms with Crippen molar-refractivity contribution in [3.8, 4) is 0 Å². The molecule has 3 nitrogen and oxygen atoms in total. The van der Waals surface area contributed by atoms with Crippen LogP contribution in [-0.4, -0.2) is 18.6 Å². The molecule has 1 saturated carbocycles. The third-order valence-corrected chi connectivity index (χ3v) is 4.47. The number of nitrogens with one attached hydrogen (secondary N) is 1. The predicted octanol–water partition coefficient (Wildman–Crippen LogP) is 2.59. The minimum Gasteiger partial charge on any atom is -0.445 e. The van der Waals surface area contributed by atoms with E-state index in [9.17, 15) is 0 Å². The van der Waals surface area contributed by atoms with E-state index in [2.05, 4.69) is 38.0 Å². The Balaban J connectivity index is 2.10. The van der Waals surface area contributed by atoms with E-state index in [-0.39, 0.29) is 0 Å². The second-order valence-electron chi connectivity index (χ2n) is 5.89. The van der Waals surface area contributed by atoms with Gasteiger partial charge in [0.2, 0.25) is 0 Å². The Kier molecular flexibility index (Phi) is 2.61. The van der Waals surface area contributed by atoms with Gasteiger partial charge in [0.1, 0.15) is 5.76 Å². The monoisotopic (exact) mass is 222 g/mol. The van der Waals surface area contributed by atoms with Crippen LogP contribution in [0.1, 0.15) is 45.3 Å². The zero-order valence-corrected chi connectivity index (χ0v) is 10.9. The lowest BCUT2D eigenvalue weighted by atomic mass is 10.0. The molecule has 0 atom stereocenters. The van der Waals surface area contributed by atoms with E-state index in [0.29, 0.717) is 16.7 Å². The maximum absolute atomic E-state index is 5.83. The van der Waals surface area contributed by atoms with Gasteiger partial charge >= 0.3 is 0 Å². The minimum absolute atomic E-state index is 0.326. The average Bonchev–Trinajstić information content (AvgIpc) is 2.56. The fraction of sp³-hybridized carbons (Fsp3) is 0.769. The Bertz CT molecular complexity index is 365. The molecule has 1 heterocycles. The van der Waals surface area contributed by atoms with E-state index in [1.165, 1.54) is 0 Å². The van der Waals surface area contributed by atoms with Gasteiger partial charge < -0.3 is 9.73 Å². The second-order valence-corrected chi connectivity index (χ2v) is 5.89. The molecule has 0 spiro atoms. The van der Waals surface area contributed by atoms with Crippen LogP contribution in [0.3, 0.4) is 0 Å². The first kappa shape index (κ1) is 11.6. The summed E-state index contributed by atoms with van der Waals surface area (Å²) in [6.45, 7) is 10.1. The number of nitrogens with zero attached hydrogens (tertiary/aromatic N) is 1. The fourth-order valence-electron chi connectivity index (χ4n) is 2.71. The molecule has 2 rings (SSSR count). The van der Waals surface area contributed by atoms with Gasteiger partial charge in [0, 0.05) is 18.9 Å². The van der Waals surface area contributed by atoms with E-state index in [1.54, 1.807) is 0 Å². The maximum atomic E-state index is 5.83. The summed E-state index contributed by atoms with van der Waals surface area (Å²) in [5.74, 6) is 2.42. The van der Waals surface area contributed by atoms with Crippen molar-refractivity contribution >= 4 is 0 Å². The number of oxazole rings is 1. The molecule has 90 valence electrons. The van der Waals surface area contributed by atoms with Gasteiger partial charge in [-0.1, -0.05) is 27.7 Å². The zero-order valence-electron chi connectivity index (χ0n) is 10.9. The van der Waals surface area contributed by atoms with Crippen LogP contribution in [0.15, 0.2) is 10.6 Å². The first-order valence-electron chi connectivity index (χ1n) is 6.00. The average molecular weight is 222 g/mol. The number of aromatic nitrogens is 1. The van der Waals surface area contributed by atoms with Crippen molar-refractivity contribution in [3.63, 3.8) is 0 Å². The molecule has 16 heavy (non-hydrogen) atoms. The van der Waals surface area contributed by atoms with Crippen LogP contribution in [-0.2, 0) is 6.42 Å². The van der Waals surface area contributed by atoms with Gasteiger partial charge in [0.25, 0.3) is 0 Å². The van der Waals surface area contributed by atoms with E-state index >= 15 is 0 Å². The number of rotatable bonds is 4. The van der Waals surface area contributed by atoms with Crippen molar-refractivity contribution in [3.05, 3.63) is 17.8 Å². The molecule has 0 radical (unpaired) electrons. The van der Waals surface area contributed by atoms with Gasteiger partial charge in [-0.25, -0.2) is 4.98 Å². The summed E-state index contributed by atoms with van der Waals surface area (Å²) in [6, 6.07) is 0. The quantitative estimate of drug-likeness (QED) is 0.851. The van der Waals surface area contributed by atoms with Crippen LogP contribution in [0.25, 0.3) is 0 Å². The van der Waals surface area contributed by atoms with E-state index < -0.39 is 0 Å². The Morgan fingerprint density at radius 3 is 2.44 bits per heavy atom. The molecule has 1 N–H and O–H groups in total. The number of hydrogen-bond donors (Lipinski definition) is 1. The first-order chi connectivity index (χ1) is 7.41. The highest BCUT2D eigenvalue weighted by molar-refractivity contribution is 5.27. The Morgan fingerprint density at radius 2 is 1.94 bits per heavy atom. The molecule has 1 aliphatic rings. The Hall–Kier alpha value is -0.830. The van der Waals surface area contributed by atoms with Crippen LogP contribution in [0, 0.1) is 10.8 Å². The minimum atomic E-state index is 0.326. The molecule has 0 aliphatic heterocycles. The van der Waals surface area contributed by atoms with Gasteiger partial charge in [-0.2, -0.15) is 0 Å². The Morgan fingerprint density at radius 1 is 1.31 bits per heavy atom. The molecule has 0 bridgehead atoms. The lowest BCUT2D eigenvalue weighted by Crippen LogP contribution is -2.10. The standard InChI is InChI=1S/C13H22N2O/c1-12(2)11(13(12,3)4)9-8-15-10(16-9)6-7-14-5/h8,11,14H,6-7H2,1-5H3. The summed E-state index contributed by atoms with van der Waals surface area (Å²) in [4.78, 5) is 4.34. The fourth-order valence-corrected chi connectivity index (χ4v) is 2.71. The topological polar surface area (TPSA) is 38.1 Å². The highest BCUT2D eigenvalue weighted by atomic mass is 16.4. The normalized spacial score (nSPS) is 22.3. The lowest BCUT2D eigenvalue weighted by molar-refractivity contribution is 0.435. The van der Waals surface area contributed by atoms with E-state index in [4.69, 9.17) is 4.42 Å². The summed E-state index contributed by atoms with van der Waals surface area (Å²) in [5.41, 5.74) is 0.652. The zero-order chi connectivity index (χ0) is 12.0. The van der Waals surface area contributed by atoms with Crippen LogP contribution >= 0.6 is 0 Å². The molecule has 1 aromatic rings. The van der Waals surface area contributed by atoms with Gasteiger partial charge in [0.05, 0.1) is 6.20 Å². The summed E-state index contributed by atoms with van der Waals surface area (Å²) in [7, 11) is 1.94. The van der Waals surface area contributed by atoms with Gasteiger partial charge in [0.15, 0.2) is 5.89 Å². The SMILES string of the molecule is CNCCc1ncc(C2C(C)(C)C2(C)C)o1. The molecule has 0 saturated heterocycles. The second kappa shape index (κ2) is 3.59. The van der Waals surface area contributed by atoms with Crippen LogP contribution in [0.4, 0.5) is 0 Å².